The Morgan fingerprint density at radius 2 is 2.05 bits per heavy atom. The predicted molar refractivity (Wildman–Crippen MR) is 76.7 cm³/mol. The number of piperidine rings is 1. The Labute approximate surface area is 120 Å². The topological polar surface area (TPSA) is 62.3 Å². The predicted octanol–water partition coefficient (Wildman–Crippen LogP) is 1.23. The minimum absolute atomic E-state index is 0.303. The summed E-state index contributed by atoms with van der Waals surface area (Å²) in [6.07, 6.45) is 7.42. The standard InChI is InChI=1S/C14H21N3O2S/c18-20(19,13-3-1-7-15-11-13)17-9-5-12(6-10-17)14-4-2-8-16-14/h1,3,7,11-12,14,16H,2,4-6,8-10H2. The molecule has 2 fully saturated rings. The van der Waals surface area contributed by atoms with Crippen molar-refractivity contribution >= 4 is 10.0 Å². The zero-order valence-electron chi connectivity index (χ0n) is 11.5. The van der Waals surface area contributed by atoms with Crippen LogP contribution in [-0.4, -0.2) is 43.4 Å². The molecular weight excluding hydrogens is 274 g/mol. The number of hydrogen-bond donors (Lipinski definition) is 1. The first-order chi connectivity index (χ1) is 9.68. The second kappa shape index (κ2) is 5.79. The molecule has 3 rings (SSSR count). The Balaban J connectivity index is 1.65. The van der Waals surface area contributed by atoms with Crippen LogP contribution >= 0.6 is 0 Å². The summed E-state index contributed by atoms with van der Waals surface area (Å²) in [4.78, 5) is 4.21. The van der Waals surface area contributed by atoms with Crippen LogP contribution in [0.3, 0.4) is 0 Å². The Morgan fingerprint density at radius 1 is 1.25 bits per heavy atom. The van der Waals surface area contributed by atoms with Gasteiger partial charge in [0.15, 0.2) is 0 Å². The van der Waals surface area contributed by atoms with Crippen molar-refractivity contribution in [2.45, 2.75) is 36.6 Å². The second-order valence-corrected chi connectivity index (χ2v) is 7.57. The van der Waals surface area contributed by atoms with Gasteiger partial charge < -0.3 is 5.32 Å². The lowest BCUT2D eigenvalue weighted by molar-refractivity contribution is 0.234. The number of nitrogens with one attached hydrogen (secondary N) is 1. The first-order valence-corrected chi connectivity index (χ1v) is 8.75. The Kier molecular flexibility index (Phi) is 4.05. The smallest absolute Gasteiger partial charge is 0.244 e. The largest absolute Gasteiger partial charge is 0.314 e. The van der Waals surface area contributed by atoms with Crippen molar-refractivity contribution in [3.8, 4) is 0 Å². The molecule has 110 valence electrons. The van der Waals surface area contributed by atoms with Crippen molar-refractivity contribution in [1.29, 1.82) is 0 Å². The number of nitrogens with zero attached hydrogens (tertiary/aromatic N) is 2. The quantitative estimate of drug-likeness (QED) is 0.911. The second-order valence-electron chi connectivity index (χ2n) is 5.63. The van der Waals surface area contributed by atoms with E-state index in [9.17, 15) is 8.42 Å². The average molecular weight is 295 g/mol. The lowest BCUT2D eigenvalue weighted by atomic mass is 9.89. The van der Waals surface area contributed by atoms with Gasteiger partial charge in [-0.1, -0.05) is 0 Å². The van der Waals surface area contributed by atoms with Gasteiger partial charge in [0, 0.05) is 31.5 Å². The van der Waals surface area contributed by atoms with Crippen molar-refractivity contribution in [1.82, 2.24) is 14.6 Å². The van der Waals surface area contributed by atoms with Crippen LogP contribution in [-0.2, 0) is 10.0 Å². The number of sulfonamides is 1. The van der Waals surface area contributed by atoms with Gasteiger partial charge in [-0.05, 0) is 50.3 Å². The van der Waals surface area contributed by atoms with Crippen LogP contribution in [0.15, 0.2) is 29.4 Å². The van der Waals surface area contributed by atoms with Crippen LogP contribution in [0, 0.1) is 5.92 Å². The van der Waals surface area contributed by atoms with E-state index in [1.54, 1.807) is 22.6 Å². The van der Waals surface area contributed by atoms with Crippen LogP contribution in [0.5, 0.6) is 0 Å². The van der Waals surface area contributed by atoms with Crippen molar-refractivity contribution < 1.29 is 8.42 Å². The minimum atomic E-state index is -3.36. The molecule has 0 radical (unpaired) electrons. The molecule has 2 aliphatic rings. The fraction of sp³-hybridized carbons (Fsp3) is 0.643. The number of aromatic nitrogens is 1. The maximum atomic E-state index is 12.5. The molecule has 0 aliphatic carbocycles. The van der Waals surface area contributed by atoms with Gasteiger partial charge in [-0.3, -0.25) is 4.98 Å². The van der Waals surface area contributed by atoms with Crippen LogP contribution in [0.2, 0.25) is 0 Å². The van der Waals surface area contributed by atoms with E-state index in [4.69, 9.17) is 0 Å². The third-order valence-corrected chi connectivity index (χ3v) is 6.32. The molecule has 3 heterocycles. The third kappa shape index (κ3) is 2.73. The van der Waals surface area contributed by atoms with Gasteiger partial charge in [-0.2, -0.15) is 4.31 Å². The van der Waals surface area contributed by atoms with E-state index < -0.39 is 10.0 Å². The molecule has 20 heavy (non-hydrogen) atoms. The molecular formula is C14H21N3O2S. The molecule has 1 N–H and O–H groups in total. The van der Waals surface area contributed by atoms with E-state index in [1.807, 2.05) is 0 Å². The first kappa shape index (κ1) is 14.0. The molecule has 0 aromatic carbocycles. The SMILES string of the molecule is O=S(=O)(c1cccnc1)N1CCC(C2CCCN2)CC1. The maximum absolute atomic E-state index is 12.5. The zero-order valence-corrected chi connectivity index (χ0v) is 12.3. The molecule has 2 aliphatic heterocycles. The van der Waals surface area contributed by atoms with Crippen LogP contribution in [0.25, 0.3) is 0 Å². The van der Waals surface area contributed by atoms with E-state index in [0.29, 0.717) is 29.9 Å². The summed E-state index contributed by atoms with van der Waals surface area (Å²) in [6, 6.07) is 3.88. The first-order valence-electron chi connectivity index (χ1n) is 7.31. The van der Waals surface area contributed by atoms with Gasteiger partial charge in [-0.25, -0.2) is 8.42 Å². The molecule has 1 atom stereocenters. The molecule has 5 nitrogen and oxygen atoms in total. The summed E-state index contributed by atoms with van der Waals surface area (Å²) in [7, 11) is -3.36. The van der Waals surface area contributed by atoms with E-state index in [-0.39, 0.29) is 0 Å². The van der Waals surface area contributed by atoms with Gasteiger partial charge >= 0.3 is 0 Å². The fourth-order valence-corrected chi connectivity index (χ4v) is 4.72. The summed E-state index contributed by atoms with van der Waals surface area (Å²) in [6.45, 7) is 2.36. The van der Waals surface area contributed by atoms with Gasteiger partial charge in [0.2, 0.25) is 10.0 Å². The van der Waals surface area contributed by atoms with Gasteiger partial charge in [0.1, 0.15) is 4.90 Å². The number of pyridine rings is 1. The summed E-state index contributed by atoms with van der Waals surface area (Å²) in [5.74, 6) is 0.623. The van der Waals surface area contributed by atoms with Crippen molar-refractivity contribution in [3.63, 3.8) is 0 Å². The molecule has 0 spiro atoms. The Morgan fingerprint density at radius 3 is 2.65 bits per heavy atom. The molecule has 2 saturated heterocycles. The van der Waals surface area contributed by atoms with Gasteiger partial charge in [0.25, 0.3) is 0 Å². The molecule has 0 bridgehead atoms. The Hall–Kier alpha value is -0.980. The number of hydrogen-bond acceptors (Lipinski definition) is 4. The molecule has 6 heteroatoms. The summed E-state index contributed by atoms with van der Waals surface area (Å²) in [5, 5.41) is 3.53. The molecule has 1 unspecified atom stereocenters. The Bertz CT molecular complexity index is 533. The van der Waals surface area contributed by atoms with Crippen LogP contribution < -0.4 is 5.32 Å². The monoisotopic (exact) mass is 295 g/mol. The van der Waals surface area contributed by atoms with Crippen molar-refractivity contribution in [2.75, 3.05) is 19.6 Å². The van der Waals surface area contributed by atoms with Crippen LogP contribution in [0.4, 0.5) is 0 Å². The highest BCUT2D eigenvalue weighted by atomic mass is 32.2. The molecule has 1 aromatic heterocycles. The highest BCUT2D eigenvalue weighted by Gasteiger charge is 2.33. The van der Waals surface area contributed by atoms with E-state index in [1.165, 1.54) is 19.0 Å². The summed E-state index contributed by atoms with van der Waals surface area (Å²) < 4.78 is 26.6. The minimum Gasteiger partial charge on any atom is -0.314 e. The van der Waals surface area contributed by atoms with E-state index in [2.05, 4.69) is 10.3 Å². The summed E-state index contributed by atoms with van der Waals surface area (Å²) in [5.41, 5.74) is 0. The van der Waals surface area contributed by atoms with E-state index >= 15 is 0 Å². The normalized spacial score (nSPS) is 25.9. The summed E-state index contributed by atoms with van der Waals surface area (Å²) >= 11 is 0. The molecule has 1 aromatic rings. The lowest BCUT2D eigenvalue weighted by Crippen LogP contribution is -2.43. The molecule has 0 amide bonds. The highest BCUT2D eigenvalue weighted by Crippen LogP contribution is 2.28. The fourth-order valence-electron chi connectivity index (χ4n) is 3.28. The lowest BCUT2D eigenvalue weighted by Gasteiger charge is -2.34. The van der Waals surface area contributed by atoms with E-state index in [0.717, 1.165) is 19.4 Å². The van der Waals surface area contributed by atoms with Crippen molar-refractivity contribution in [2.24, 2.45) is 5.92 Å². The van der Waals surface area contributed by atoms with Gasteiger partial charge in [-0.15, -0.1) is 0 Å². The maximum Gasteiger partial charge on any atom is 0.244 e. The van der Waals surface area contributed by atoms with Crippen LogP contribution in [0.1, 0.15) is 25.7 Å². The molecule has 0 saturated carbocycles. The number of rotatable bonds is 3. The van der Waals surface area contributed by atoms with Crippen molar-refractivity contribution in [3.05, 3.63) is 24.5 Å². The van der Waals surface area contributed by atoms with Gasteiger partial charge in [0.05, 0.1) is 0 Å². The zero-order chi connectivity index (χ0) is 14.0. The highest BCUT2D eigenvalue weighted by molar-refractivity contribution is 7.89. The average Bonchev–Trinajstić information content (AvgIpc) is 3.02. The third-order valence-electron chi connectivity index (χ3n) is 4.44.